The Morgan fingerprint density at radius 3 is 1.88 bits per heavy atom. The minimum atomic E-state index is -0.324. The van der Waals surface area contributed by atoms with Crippen LogP contribution in [-0.2, 0) is 0 Å². The molecule has 0 spiro atoms. The predicted molar refractivity (Wildman–Crippen MR) is 60.9 cm³/mol. The Balaban J connectivity index is 1.97. The Morgan fingerprint density at radius 1 is 0.765 bits per heavy atom. The van der Waals surface area contributed by atoms with Crippen LogP contribution in [0, 0.1) is 11.6 Å². The van der Waals surface area contributed by atoms with Crippen molar-refractivity contribution in [3.8, 4) is 0 Å². The van der Waals surface area contributed by atoms with Gasteiger partial charge in [0, 0.05) is 0 Å². The molecular weight excluding hydrogens is 226 g/mol. The first kappa shape index (κ1) is 11.2. The van der Waals surface area contributed by atoms with Gasteiger partial charge < -0.3 is 0 Å². The highest BCUT2D eigenvalue weighted by Gasteiger charge is 1.92. The van der Waals surface area contributed by atoms with Crippen LogP contribution in [0.3, 0.4) is 0 Å². The second-order valence-electron chi connectivity index (χ2n) is 3.30. The quantitative estimate of drug-likeness (QED) is 0.485. The van der Waals surface area contributed by atoms with Gasteiger partial charge in [-0.1, -0.05) is 5.22 Å². The van der Waals surface area contributed by atoms with Crippen LogP contribution in [0.5, 0.6) is 0 Å². The van der Waals surface area contributed by atoms with E-state index in [0.29, 0.717) is 11.4 Å². The van der Waals surface area contributed by atoms with Crippen LogP contribution in [0.1, 0.15) is 0 Å². The minimum absolute atomic E-state index is 0.314. The van der Waals surface area contributed by atoms with Crippen LogP contribution in [0.2, 0.25) is 0 Å². The topological polar surface area (TPSA) is 36.8 Å². The zero-order chi connectivity index (χ0) is 12.1. The molecule has 1 N–H and O–H groups in total. The van der Waals surface area contributed by atoms with E-state index in [1.165, 1.54) is 36.4 Å². The van der Waals surface area contributed by atoms with Crippen molar-refractivity contribution in [3.63, 3.8) is 0 Å². The Kier molecular flexibility index (Phi) is 3.40. The lowest BCUT2D eigenvalue weighted by atomic mass is 10.3. The maximum Gasteiger partial charge on any atom is 0.123 e. The second-order valence-corrected chi connectivity index (χ2v) is 3.30. The summed E-state index contributed by atoms with van der Waals surface area (Å²) in [6.07, 6.45) is 0. The van der Waals surface area contributed by atoms with Crippen molar-refractivity contribution in [1.29, 1.82) is 0 Å². The van der Waals surface area contributed by atoms with Crippen molar-refractivity contribution in [3.05, 3.63) is 60.2 Å². The minimum Gasteiger partial charge on any atom is -0.260 e. The second kappa shape index (κ2) is 5.16. The molecule has 2 rings (SSSR count). The van der Waals surface area contributed by atoms with Crippen LogP contribution in [0.4, 0.5) is 20.2 Å². The predicted octanol–water partition coefficient (Wildman–Crippen LogP) is 4.08. The van der Waals surface area contributed by atoms with Gasteiger partial charge in [0.15, 0.2) is 0 Å². The molecule has 3 nitrogen and oxygen atoms in total. The maximum absolute atomic E-state index is 12.6. The summed E-state index contributed by atoms with van der Waals surface area (Å²) < 4.78 is 25.2. The largest absolute Gasteiger partial charge is 0.260 e. The number of anilines is 1. The highest BCUT2D eigenvalue weighted by Crippen LogP contribution is 2.13. The summed E-state index contributed by atoms with van der Waals surface area (Å²) in [7, 11) is 0. The van der Waals surface area contributed by atoms with E-state index in [-0.39, 0.29) is 11.6 Å². The molecule has 0 atom stereocenters. The molecule has 0 saturated carbocycles. The molecule has 86 valence electrons. The van der Waals surface area contributed by atoms with E-state index in [1.807, 2.05) is 0 Å². The van der Waals surface area contributed by atoms with E-state index in [2.05, 4.69) is 15.8 Å². The number of hydrogen-bond donors (Lipinski definition) is 1. The summed E-state index contributed by atoms with van der Waals surface area (Å²) in [4.78, 5) is 0. The number of benzene rings is 2. The molecule has 0 amide bonds. The van der Waals surface area contributed by atoms with Crippen LogP contribution < -0.4 is 5.43 Å². The van der Waals surface area contributed by atoms with Gasteiger partial charge >= 0.3 is 0 Å². The molecular formula is C12H9F2N3. The van der Waals surface area contributed by atoms with Gasteiger partial charge in [0.05, 0.1) is 11.4 Å². The molecule has 0 radical (unpaired) electrons. The van der Waals surface area contributed by atoms with E-state index in [0.717, 1.165) is 0 Å². The molecule has 0 fully saturated rings. The van der Waals surface area contributed by atoms with E-state index < -0.39 is 0 Å². The van der Waals surface area contributed by atoms with Gasteiger partial charge in [-0.05, 0) is 48.5 Å². The van der Waals surface area contributed by atoms with E-state index in [9.17, 15) is 8.78 Å². The van der Waals surface area contributed by atoms with E-state index in [1.54, 1.807) is 12.1 Å². The molecule has 2 aromatic rings. The molecule has 0 saturated heterocycles. The van der Waals surface area contributed by atoms with Crippen LogP contribution in [0.25, 0.3) is 0 Å². The van der Waals surface area contributed by atoms with Crippen molar-refractivity contribution >= 4 is 11.4 Å². The van der Waals surface area contributed by atoms with Gasteiger partial charge in [-0.3, -0.25) is 5.43 Å². The van der Waals surface area contributed by atoms with E-state index >= 15 is 0 Å². The summed E-state index contributed by atoms with van der Waals surface area (Å²) >= 11 is 0. The van der Waals surface area contributed by atoms with Gasteiger partial charge in [-0.15, -0.1) is 5.11 Å². The number of hydrogen-bond acceptors (Lipinski definition) is 2. The molecule has 0 aliphatic carbocycles. The summed E-state index contributed by atoms with van der Waals surface area (Å²) in [5.74, 6) is -0.638. The Bertz CT molecular complexity index is 506. The number of rotatable bonds is 3. The van der Waals surface area contributed by atoms with Gasteiger partial charge in [0.2, 0.25) is 0 Å². The first-order valence-corrected chi connectivity index (χ1v) is 4.92. The first-order chi connectivity index (χ1) is 8.24. The Morgan fingerprint density at radius 2 is 1.29 bits per heavy atom. The lowest BCUT2D eigenvalue weighted by Gasteiger charge is -1.97. The number of nitrogens with zero attached hydrogens (tertiary/aromatic N) is 2. The summed E-state index contributed by atoms with van der Waals surface area (Å²) in [6.45, 7) is 0. The Hall–Kier alpha value is -2.30. The lowest BCUT2D eigenvalue weighted by molar-refractivity contribution is 0.627. The number of nitrogens with one attached hydrogen (secondary N) is 1. The smallest absolute Gasteiger partial charge is 0.123 e. The average Bonchev–Trinajstić information content (AvgIpc) is 2.34. The Labute approximate surface area is 96.8 Å². The van der Waals surface area contributed by atoms with Gasteiger partial charge in [-0.2, -0.15) is 0 Å². The fourth-order valence-corrected chi connectivity index (χ4v) is 1.17. The van der Waals surface area contributed by atoms with Gasteiger partial charge in [0.1, 0.15) is 11.6 Å². The molecule has 0 aliphatic heterocycles. The van der Waals surface area contributed by atoms with Crippen LogP contribution in [-0.4, -0.2) is 0 Å². The van der Waals surface area contributed by atoms with Crippen LogP contribution >= 0.6 is 0 Å². The zero-order valence-electron chi connectivity index (χ0n) is 8.77. The molecule has 17 heavy (non-hydrogen) atoms. The number of halogens is 2. The third-order valence-electron chi connectivity index (χ3n) is 2.02. The van der Waals surface area contributed by atoms with Crippen molar-refractivity contribution in [2.45, 2.75) is 0 Å². The van der Waals surface area contributed by atoms with Gasteiger partial charge in [0.25, 0.3) is 0 Å². The monoisotopic (exact) mass is 235 g/mol. The molecule has 0 unspecified atom stereocenters. The average molecular weight is 235 g/mol. The molecule has 0 bridgehead atoms. The SMILES string of the molecule is Fc1ccc([15N]=N[15NH]c2ccc(F)cc2)cc1. The van der Waals surface area contributed by atoms with Gasteiger partial charge in [-0.25, -0.2) is 8.78 Å². The molecule has 5 heteroatoms. The van der Waals surface area contributed by atoms with E-state index in [4.69, 9.17) is 0 Å². The first-order valence-electron chi connectivity index (χ1n) is 4.92. The highest BCUT2D eigenvalue weighted by atomic mass is 19.1. The third kappa shape index (κ3) is 3.34. The highest BCUT2D eigenvalue weighted by molar-refractivity contribution is 5.42. The molecule has 0 aliphatic rings. The summed E-state index contributed by atoms with van der Waals surface area (Å²) in [5.41, 5.74) is 3.78. The fourth-order valence-electron chi connectivity index (χ4n) is 1.17. The zero-order valence-corrected chi connectivity index (χ0v) is 8.77. The van der Waals surface area contributed by atoms with Crippen LogP contribution in [0.15, 0.2) is 58.9 Å². The summed E-state index contributed by atoms with van der Waals surface area (Å²) in [5, 5.41) is 7.52. The normalized spacial score (nSPS) is 10.7. The molecule has 0 heterocycles. The van der Waals surface area contributed by atoms with Crippen molar-refractivity contribution in [1.82, 2.24) is 0 Å². The summed E-state index contributed by atoms with van der Waals surface area (Å²) in [6, 6.07) is 11.3. The third-order valence-corrected chi connectivity index (χ3v) is 2.02. The van der Waals surface area contributed by atoms with Crippen molar-refractivity contribution < 1.29 is 8.78 Å². The van der Waals surface area contributed by atoms with Crippen molar-refractivity contribution in [2.24, 2.45) is 10.3 Å². The molecule has 2 aromatic carbocycles. The van der Waals surface area contributed by atoms with Crippen molar-refractivity contribution in [2.75, 3.05) is 5.43 Å². The standard InChI is InChI=1S/C12H9F2N3/c13-9-1-5-11(6-2-9)15-17-16-12-7-3-10(14)4-8-12/h1-8H,(H,15,16)/i15+1,16+1. The lowest BCUT2D eigenvalue weighted by Crippen LogP contribution is -1.86. The maximum atomic E-state index is 12.6. The molecule has 0 aromatic heterocycles. The fraction of sp³-hybridized carbons (Fsp3) is 0.